The van der Waals surface area contributed by atoms with Gasteiger partial charge < -0.3 is 4.90 Å². The van der Waals surface area contributed by atoms with Gasteiger partial charge in [-0.15, -0.1) is 0 Å². The summed E-state index contributed by atoms with van der Waals surface area (Å²) in [5.41, 5.74) is 1.22. The van der Waals surface area contributed by atoms with Crippen LogP contribution in [0.2, 0.25) is 0 Å². The van der Waals surface area contributed by atoms with Gasteiger partial charge in [-0.1, -0.05) is 42.5 Å². The van der Waals surface area contributed by atoms with Gasteiger partial charge in [-0.05, 0) is 18.5 Å². The molecule has 3 heteroatoms. The van der Waals surface area contributed by atoms with Crippen molar-refractivity contribution in [3.8, 4) is 0 Å². The zero-order valence-corrected chi connectivity index (χ0v) is 11.7. The number of carbonyl (C=O) groups excluding carboxylic acids is 1. The van der Waals surface area contributed by atoms with Gasteiger partial charge in [-0.25, -0.2) is 0 Å². The Balaban J connectivity index is 1.80. The van der Waals surface area contributed by atoms with Crippen LogP contribution in [0.5, 0.6) is 0 Å². The fourth-order valence-electron chi connectivity index (χ4n) is 2.47. The van der Waals surface area contributed by atoms with Crippen molar-refractivity contribution in [1.29, 1.82) is 0 Å². The fraction of sp³-hybridized carbons (Fsp3) is 0.438. The fourth-order valence-corrected chi connectivity index (χ4v) is 2.47. The maximum absolute atomic E-state index is 11.9. The van der Waals surface area contributed by atoms with Crippen molar-refractivity contribution < 1.29 is 4.79 Å². The van der Waals surface area contributed by atoms with Crippen LogP contribution < -0.4 is 0 Å². The van der Waals surface area contributed by atoms with Gasteiger partial charge in [0, 0.05) is 27.2 Å². The number of hydrogen-bond acceptors (Lipinski definition) is 2. The van der Waals surface area contributed by atoms with Crippen LogP contribution >= 0.6 is 0 Å². The van der Waals surface area contributed by atoms with Crippen LogP contribution in [0, 0.1) is 5.92 Å². The Labute approximate surface area is 115 Å². The van der Waals surface area contributed by atoms with E-state index in [0.29, 0.717) is 0 Å². The quantitative estimate of drug-likeness (QED) is 0.826. The number of amides is 1. The van der Waals surface area contributed by atoms with Crippen LogP contribution in [0.3, 0.4) is 0 Å². The first-order valence-electron chi connectivity index (χ1n) is 6.82. The molecule has 2 rings (SSSR count). The van der Waals surface area contributed by atoms with E-state index in [1.54, 1.807) is 4.90 Å². The lowest BCUT2D eigenvalue weighted by Gasteiger charge is -2.16. The number of benzene rings is 1. The molecule has 1 atom stereocenters. The summed E-state index contributed by atoms with van der Waals surface area (Å²) in [6, 6.07) is 10.3. The van der Waals surface area contributed by atoms with E-state index in [1.165, 1.54) is 5.56 Å². The predicted octanol–water partition coefficient (Wildman–Crippen LogP) is 2.11. The molecular formula is C16H22N2O. The van der Waals surface area contributed by atoms with Crippen molar-refractivity contribution in [3.05, 3.63) is 42.0 Å². The molecule has 1 amide bonds. The van der Waals surface area contributed by atoms with E-state index in [1.807, 2.05) is 32.3 Å². The normalized spacial score (nSPS) is 20.0. The lowest BCUT2D eigenvalue weighted by atomic mass is 10.1. The minimum Gasteiger partial charge on any atom is -0.349 e. The third kappa shape index (κ3) is 3.93. The third-order valence-corrected chi connectivity index (χ3v) is 3.54. The Hall–Kier alpha value is -1.61. The molecule has 0 spiro atoms. The molecule has 0 N–H and O–H groups in total. The maximum atomic E-state index is 11.9. The van der Waals surface area contributed by atoms with Crippen LogP contribution in [0.1, 0.15) is 12.0 Å². The van der Waals surface area contributed by atoms with Gasteiger partial charge in [0.25, 0.3) is 0 Å². The van der Waals surface area contributed by atoms with E-state index in [0.717, 1.165) is 26.1 Å². The third-order valence-electron chi connectivity index (χ3n) is 3.54. The highest BCUT2D eigenvalue weighted by Crippen LogP contribution is 2.17. The summed E-state index contributed by atoms with van der Waals surface area (Å²) in [6.07, 6.45) is 5.30. The van der Waals surface area contributed by atoms with Crippen LogP contribution in [0.4, 0.5) is 0 Å². The molecule has 0 radical (unpaired) electrons. The first-order chi connectivity index (χ1) is 9.16. The zero-order chi connectivity index (χ0) is 13.7. The second kappa shape index (κ2) is 6.53. The first-order valence-corrected chi connectivity index (χ1v) is 6.82. The monoisotopic (exact) mass is 258 g/mol. The summed E-state index contributed by atoms with van der Waals surface area (Å²) < 4.78 is 0. The molecule has 19 heavy (non-hydrogen) atoms. The molecule has 1 aromatic carbocycles. The van der Waals surface area contributed by atoms with Crippen LogP contribution in [-0.2, 0) is 4.79 Å². The number of nitrogens with zero attached hydrogens (tertiary/aromatic N) is 2. The minimum absolute atomic E-state index is 0.181. The molecule has 102 valence electrons. The van der Waals surface area contributed by atoms with Crippen molar-refractivity contribution in [2.45, 2.75) is 6.42 Å². The molecule has 3 nitrogen and oxygen atoms in total. The smallest absolute Gasteiger partial charge is 0.226 e. The minimum atomic E-state index is 0.181. The van der Waals surface area contributed by atoms with Gasteiger partial charge in [-0.2, -0.15) is 0 Å². The summed E-state index contributed by atoms with van der Waals surface area (Å²) in [5.74, 6) is 0.440. The topological polar surface area (TPSA) is 23.6 Å². The second-order valence-corrected chi connectivity index (χ2v) is 5.29. The molecule has 1 aliphatic heterocycles. The van der Waals surface area contributed by atoms with Gasteiger partial charge in [0.05, 0.1) is 5.92 Å². The largest absolute Gasteiger partial charge is 0.349 e. The average molecular weight is 258 g/mol. The summed E-state index contributed by atoms with van der Waals surface area (Å²) in [7, 11) is 3.67. The van der Waals surface area contributed by atoms with Gasteiger partial charge in [-0.3, -0.25) is 9.69 Å². The highest BCUT2D eigenvalue weighted by Gasteiger charge is 2.28. The van der Waals surface area contributed by atoms with E-state index in [4.69, 9.17) is 0 Å². The molecule has 1 heterocycles. The SMILES string of the molecule is CN(C)C(=O)C1CCN(C/C=C/c2ccccc2)C1. The van der Waals surface area contributed by atoms with E-state index >= 15 is 0 Å². The van der Waals surface area contributed by atoms with Gasteiger partial charge >= 0.3 is 0 Å². The number of carbonyl (C=O) groups is 1. The van der Waals surface area contributed by atoms with E-state index in [9.17, 15) is 4.79 Å². The number of rotatable bonds is 4. The van der Waals surface area contributed by atoms with Crippen molar-refractivity contribution >= 4 is 12.0 Å². The Kier molecular flexibility index (Phi) is 4.74. The van der Waals surface area contributed by atoms with Gasteiger partial charge in [0.1, 0.15) is 0 Å². The summed E-state index contributed by atoms with van der Waals surface area (Å²) in [5, 5.41) is 0. The van der Waals surface area contributed by atoms with Crippen LogP contribution in [0.15, 0.2) is 36.4 Å². The van der Waals surface area contributed by atoms with E-state index < -0.39 is 0 Å². The van der Waals surface area contributed by atoms with Crippen molar-refractivity contribution in [2.24, 2.45) is 5.92 Å². The lowest BCUT2D eigenvalue weighted by molar-refractivity contribution is -0.132. The Bertz CT molecular complexity index is 439. The van der Waals surface area contributed by atoms with Crippen molar-refractivity contribution in [2.75, 3.05) is 33.7 Å². The molecule has 1 unspecified atom stereocenters. The standard InChI is InChI=1S/C16H22N2O/c1-17(2)16(19)15-10-12-18(13-15)11-6-9-14-7-4-3-5-8-14/h3-9,15H,10-13H2,1-2H3/b9-6+. The summed E-state index contributed by atoms with van der Waals surface area (Å²) in [6.45, 7) is 2.83. The molecule has 1 aliphatic rings. The van der Waals surface area contributed by atoms with Crippen LogP contribution in [-0.4, -0.2) is 49.4 Å². The van der Waals surface area contributed by atoms with E-state index in [2.05, 4.69) is 29.2 Å². The molecule has 1 aromatic rings. The van der Waals surface area contributed by atoms with Crippen molar-refractivity contribution in [1.82, 2.24) is 9.80 Å². The molecule has 0 saturated carbocycles. The summed E-state index contributed by atoms with van der Waals surface area (Å²) >= 11 is 0. The van der Waals surface area contributed by atoms with Gasteiger partial charge in [0.15, 0.2) is 0 Å². The highest BCUT2D eigenvalue weighted by atomic mass is 16.2. The molecular weight excluding hydrogens is 236 g/mol. The Morgan fingerprint density at radius 1 is 1.37 bits per heavy atom. The Morgan fingerprint density at radius 3 is 2.79 bits per heavy atom. The predicted molar refractivity (Wildman–Crippen MR) is 78.7 cm³/mol. The highest BCUT2D eigenvalue weighted by molar-refractivity contribution is 5.78. The number of hydrogen-bond donors (Lipinski definition) is 0. The average Bonchev–Trinajstić information content (AvgIpc) is 2.88. The van der Waals surface area contributed by atoms with Crippen molar-refractivity contribution in [3.63, 3.8) is 0 Å². The second-order valence-electron chi connectivity index (χ2n) is 5.29. The number of likely N-dealkylation sites (tertiary alicyclic amines) is 1. The van der Waals surface area contributed by atoms with Gasteiger partial charge in [0.2, 0.25) is 5.91 Å². The molecule has 0 aromatic heterocycles. The zero-order valence-electron chi connectivity index (χ0n) is 11.7. The molecule has 0 aliphatic carbocycles. The summed E-state index contributed by atoms with van der Waals surface area (Å²) in [4.78, 5) is 15.9. The first kappa shape index (κ1) is 13.8. The molecule has 1 saturated heterocycles. The van der Waals surface area contributed by atoms with Crippen LogP contribution in [0.25, 0.3) is 6.08 Å². The lowest BCUT2D eigenvalue weighted by Crippen LogP contribution is -2.31. The van der Waals surface area contributed by atoms with E-state index in [-0.39, 0.29) is 11.8 Å². The Morgan fingerprint density at radius 2 is 2.11 bits per heavy atom. The maximum Gasteiger partial charge on any atom is 0.226 e. The molecule has 0 bridgehead atoms. The molecule has 1 fully saturated rings.